The molecule has 0 spiro atoms. The number of primary amides is 1. The second-order valence-corrected chi connectivity index (χ2v) is 8.65. The maximum atomic E-state index is 15.0. The van der Waals surface area contributed by atoms with Crippen molar-refractivity contribution < 1.29 is 22.4 Å². The van der Waals surface area contributed by atoms with E-state index in [4.69, 9.17) is 12.3 Å². The monoisotopic (exact) mass is 489 g/mol. The van der Waals surface area contributed by atoms with Crippen LogP contribution in [0.4, 0.5) is 23.4 Å². The lowest BCUT2D eigenvalue weighted by atomic mass is 9.88. The number of likely N-dealkylation sites (tertiary alicyclic amines) is 1. The Labute approximate surface area is 198 Å². The van der Waals surface area contributed by atoms with Crippen molar-refractivity contribution in [1.29, 1.82) is 0 Å². The average molecular weight is 489 g/mol. The van der Waals surface area contributed by atoms with Gasteiger partial charge in [-0.15, -0.1) is 0 Å². The smallest absolute Gasteiger partial charge is 0.369 e. The molecule has 35 heavy (non-hydrogen) atoms. The number of nitrogens with two attached hydrogens (primary N) is 1. The van der Waals surface area contributed by atoms with Gasteiger partial charge in [-0.05, 0) is 17.7 Å². The summed E-state index contributed by atoms with van der Waals surface area (Å²) in [7, 11) is 0. The molecule has 1 amide bonds. The highest BCUT2D eigenvalue weighted by atomic mass is 19.4. The van der Waals surface area contributed by atoms with Gasteiger partial charge in [0.05, 0.1) is 17.5 Å². The zero-order chi connectivity index (χ0) is 25.2. The van der Waals surface area contributed by atoms with Gasteiger partial charge in [-0.1, -0.05) is 12.1 Å². The van der Waals surface area contributed by atoms with Crippen LogP contribution in [0.5, 0.6) is 0 Å². The van der Waals surface area contributed by atoms with Crippen LogP contribution < -0.4 is 11.1 Å². The Hall–Kier alpha value is -3.72. The van der Waals surface area contributed by atoms with Gasteiger partial charge in [-0.25, -0.2) is 20.9 Å². The molecule has 2 aromatic heterocycles. The third kappa shape index (κ3) is 5.35. The lowest BCUT2D eigenvalue weighted by Crippen LogP contribution is -2.47. The van der Waals surface area contributed by atoms with E-state index in [-0.39, 0.29) is 30.8 Å². The molecule has 1 aromatic carbocycles. The molecule has 1 aliphatic heterocycles. The molecule has 3 heterocycles. The van der Waals surface area contributed by atoms with Gasteiger partial charge in [0.2, 0.25) is 5.91 Å². The summed E-state index contributed by atoms with van der Waals surface area (Å²) < 4.78 is 54.9. The van der Waals surface area contributed by atoms with E-state index in [9.17, 15) is 22.4 Å². The van der Waals surface area contributed by atoms with Crippen molar-refractivity contribution in [1.82, 2.24) is 19.4 Å². The molecule has 8 nitrogen and oxygen atoms in total. The predicted molar refractivity (Wildman–Crippen MR) is 120 cm³/mol. The highest BCUT2D eigenvalue weighted by Crippen LogP contribution is 2.32. The van der Waals surface area contributed by atoms with Crippen LogP contribution in [-0.4, -0.2) is 50.5 Å². The minimum atomic E-state index is -4.42. The molecule has 1 aliphatic rings. The number of hydrogen-bond donors (Lipinski definition) is 2. The second-order valence-electron chi connectivity index (χ2n) is 8.65. The number of alkyl halides is 3. The van der Waals surface area contributed by atoms with Crippen molar-refractivity contribution in [2.75, 3.05) is 25.0 Å². The molecule has 0 unspecified atom stereocenters. The molecular formula is C23H23F4N7O. The lowest BCUT2D eigenvalue weighted by molar-refractivity contribution is -0.137. The highest BCUT2D eigenvalue weighted by Gasteiger charge is 2.41. The van der Waals surface area contributed by atoms with Crippen LogP contribution in [0.2, 0.25) is 0 Å². The zero-order valence-corrected chi connectivity index (χ0v) is 18.6. The van der Waals surface area contributed by atoms with Crippen LogP contribution in [0.3, 0.4) is 0 Å². The second kappa shape index (κ2) is 9.50. The summed E-state index contributed by atoms with van der Waals surface area (Å²) in [6.07, 6.45) is -0.874. The van der Waals surface area contributed by atoms with E-state index in [0.717, 1.165) is 12.1 Å². The summed E-state index contributed by atoms with van der Waals surface area (Å²) in [5.41, 5.74) is 4.62. The molecule has 184 valence electrons. The third-order valence-corrected chi connectivity index (χ3v) is 6.22. The predicted octanol–water partition coefficient (Wildman–Crippen LogP) is 3.44. The van der Waals surface area contributed by atoms with Crippen molar-refractivity contribution in [3.63, 3.8) is 0 Å². The molecular weight excluding hydrogens is 466 g/mol. The fraction of sp³-hybridized carbons (Fsp3) is 0.391. The normalized spacial score (nSPS) is 16.2. The van der Waals surface area contributed by atoms with Crippen molar-refractivity contribution in [2.24, 2.45) is 5.73 Å². The molecule has 0 aliphatic carbocycles. The molecule has 3 aromatic rings. The van der Waals surface area contributed by atoms with Crippen LogP contribution >= 0.6 is 0 Å². The minimum Gasteiger partial charge on any atom is -0.369 e. The number of piperidine rings is 1. The fourth-order valence-electron chi connectivity index (χ4n) is 4.30. The number of aromatic nitrogens is 3. The molecule has 1 saturated heterocycles. The Bertz CT molecular complexity index is 1260. The first kappa shape index (κ1) is 24.4. The van der Waals surface area contributed by atoms with Gasteiger partial charge in [0.1, 0.15) is 24.3 Å². The summed E-state index contributed by atoms with van der Waals surface area (Å²) in [5.74, 6) is -0.784. The maximum absolute atomic E-state index is 15.0. The molecule has 12 heteroatoms. The number of fused-ring (bicyclic) bond motifs is 1. The van der Waals surface area contributed by atoms with E-state index in [0.29, 0.717) is 37.1 Å². The Morgan fingerprint density at radius 3 is 2.49 bits per heavy atom. The van der Waals surface area contributed by atoms with Gasteiger partial charge in [0, 0.05) is 38.7 Å². The first-order valence-electron chi connectivity index (χ1n) is 10.9. The number of nitrogens with one attached hydrogen (secondary N) is 1. The topological polar surface area (TPSA) is 93.4 Å². The Balaban J connectivity index is 1.51. The quantitative estimate of drug-likeness (QED) is 0.392. The molecule has 0 bridgehead atoms. The van der Waals surface area contributed by atoms with Crippen molar-refractivity contribution >= 4 is 22.8 Å². The van der Waals surface area contributed by atoms with E-state index in [1.165, 1.54) is 24.7 Å². The van der Waals surface area contributed by atoms with E-state index in [2.05, 4.69) is 20.1 Å². The SMILES string of the molecule is [C-]#[N+]C1(Cn2cc(F)c3c(NCc4ccc(C(F)(F)F)cc4)ncnc32)CCN(CC(N)=O)CC1. The maximum Gasteiger partial charge on any atom is 0.416 e. The van der Waals surface area contributed by atoms with Gasteiger partial charge < -0.3 is 20.5 Å². The largest absolute Gasteiger partial charge is 0.416 e. The van der Waals surface area contributed by atoms with Gasteiger partial charge >= 0.3 is 6.18 Å². The summed E-state index contributed by atoms with van der Waals surface area (Å²) >= 11 is 0. The van der Waals surface area contributed by atoms with E-state index >= 15 is 0 Å². The number of nitrogens with zero attached hydrogens (tertiary/aromatic N) is 5. The lowest BCUT2D eigenvalue weighted by Gasteiger charge is -2.33. The fourth-order valence-corrected chi connectivity index (χ4v) is 4.30. The third-order valence-electron chi connectivity index (χ3n) is 6.22. The number of hydrogen-bond acceptors (Lipinski definition) is 5. The zero-order valence-electron chi connectivity index (χ0n) is 18.6. The Morgan fingerprint density at radius 1 is 1.20 bits per heavy atom. The number of anilines is 1. The number of amides is 1. The average Bonchev–Trinajstić information content (AvgIpc) is 3.14. The van der Waals surface area contributed by atoms with Crippen LogP contribution in [0.25, 0.3) is 15.9 Å². The highest BCUT2D eigenvalue weighted by molar-refractivity contribution is 5.88. The number of carbonyl (C=O) groups is 1. The Morgan fingerprint density at radius 2 is 1.89 bits per heavy atom. The summed E-state index contributed by atoms with van der Waals surface area (Å²) in [5, 5.41) is 3.11. The van der Waals surface area contributed by atoms with E-state index in [1.807, 2.05) is 4.90 Å². The van der Waals surface area contributed by atoms with E-state index in [1.54, 1.807) is 4.57 Å². The van der Waals surface area contributed by atoms with Crippen LogP contribution in [0.15, 0.2) is 36.8 Å². The number of benzene rings is 1. The Kier molecular flexibility index (Phi) is 6.62. The van der Waals surface area contributed by atoms with Gasteiger partial charge in [0.15, 0.2) is 5.82 Å². The standard InChI is InChI=1S/C23H23F4N7O/c1-29-22(6-8-33(9-7-22)12-18(28)35)13-34-11-17(24)19-20(31-14-32-21(19)34)30-10-15-2-4-16(5-3-15)23(25,26)27/h2-5,11,14H,6-10,12-13H2,(H2,28,35)(H,30,31,32). The van der Waals surface area contributed by atoms with Crippen molar-refractivity contribution in [2.45, 2.75) is 37.6 Å². The summed E-state index contributed by atoms with van der Waals surface area (Å²) in [4.78, 5) is 25.2. The number of carbonyl (C=O) groups excluding carboxylic acids is 1. The van der Waals surface area contributed by atoms with Gasteiger partial charge in [-0.3, -0.25) is 9.69 Å². The summed E-state index contributed by atoms with van der Waals surface area (Å²) in [6, 6.07) is 4.67. The van der Waals surface area contributed by atoms with E-state index < -0.39 is 29.0 Å². The number of rotatable bonds is 7. The van der Waals surface area contributed by atoms with Crippen LogP contribution in [0, 0.1) is 12.4 Å². The molecule has 0 atom stereocenters. The molecule has 0 radical (unpaired) electrons. The van der Waals surface area contributed by atoms with Crippen molar-refractivity contribution in [3.05, 3.63) is 65.2 Å². The molecule has 3 N–H and O–H groups in total. The van der Waals surface area contributed by atoms with Gasteiger partial charge in [-0.2, -0.15) is 13.2 Å². The number of halogens is 4. The van der Waals surface area contributed by atoms with Crippen molar-refractivity contribution in [3.8, 4) is 0 Å². The van der Waals surface area contributed by atoms with Crippen LogP contribution in [-0.2, 0) is 24.1 Å². The molecule has 1 fully saturated rings. The first-order chi connectivity index (χ1) is 16.6. The van der Waals surface area contributed by atoms with Crippen LogP contribution in [0.1, 0.15) is 24.0 Å². The molecule has 4 rings (SSSR count). The summed E-state index contributed by atoms with van der Waals surface area (Å²) in [6.45, 7) is 9.32. The molecule has 0 saturated carbocycles. The van der Waals surface area contributed by atoms with Gasteiger partial charge in [0.25, 0.3) is 5.54 Å². The minimum absolute atomic E-state index is 0.135. The first-order valence-corrected chi connectivity index (χ1v) is 10.9.